The molecule has 2 aromatic carbocycles. The number of fused-ring (bicyclic) bond motifs is 1. The molecule has 0 saturated carbocycles. The minimum atomic E-state index is -4.97. The first-order valence-electron chi connectivity index (χ1n) is 8.98. The van der Waals surface area contributed by atoms with Crippen molar-refractivity contribution in [2.24, 2.45) is 0 Å². The number of benzene rings is 2. The van der Waals surface area contributed by atoms with Crippen LogP contribution in [-0.2, 0) is 10.0 Å². The summed E-state index contributed by atoms with van der Waals surface area (Å²) in [5.74, 6) is -6.92. The van der Waals surface area contributed by atoms with Crippen molar-refractivity contribution in [3.05, 3.63) is 94.6 Å². The number of aromatic nitrogens is 2. The molecule has 0 atom stereocenters. The first kappa shape index (κ1) is 22.0. The number of anilines is 1. The highest BCUT2D eigenvalue weighted by Gasteiger charge is 2.29. The molecule has 0 spiro atoms. The van der Waals surface area contributed by atoms with Gasteiger partial charge in [-0.05, 0) is 30.3 Å². The van der Waals surface area contributed by atoms with Gasteiger partial charge in [0.15, 0.2) is 10.7 Å². The lowest BCUT2D eigenvalue weighted by molar-refractivity contribution is 0.103. The van der Waals surface area contributed by atoms with Crippen LogP contribution in [-0.4, -0.2) is 24.2 Å². The van der Waals surface area contributed by atoms with Crippen LogP contribution in [0.15, 0.2) is 53.7 Å². The number of rotatable bonds is 5. The molecule has 0 bridgehead atoms. The van der Waals surface area contributed by atoms with Crippen molar-refractivity contribution < 1.29 is 30.8 Å². The molecule has 4 aromatic rings. The second kappa shape index (κ2) is 8.03. The lowest BCUT2D eigenvalue weighted by atomic mass is 10.0. The van der Waals surface area contributed by atoms with Gasteiger partial charge < -0.3 is 4.98 Å². The molecule has 0 saturated heterocycles. The Bertz CT molecular complexity index is 1570. The van der Waals surface area contributed by atoms with E-state index >= 15 is 4.39 Å². The minimum absolute atomic E-state index is 0.0746. The van der Waals surface area contributed by atoms with Crippen molar-refractivity contribution in [3.63, 3.8) is 0 Å². The van der Waals surface area contributed by atoms with Gasteiger partial charge in [0, 0.05) is 23.3 Å². The van der Waals surface area contributed by atoms with E-state index in [0.717, 1.165) is 12.3 Å². The third kappa shape index (κ3) is 3.79. The zero-order chi connectivity index (χ0) is 23.9. The standard InChI is InChI=1S/C21H10F4N4O3S/c1-26-10-7-11-12(9-28-21(11)27-8-10)19(30)17-13(22)5-6-16(18(17)25)29-33(31,32)20-14(23)3-2-4-15(20)24/h2-9,29H,(H,27,28). The van der Waals surface area contributed by atoms with Crippen LogP contribution >= 0.6 is 0 Å². The molecule has 12 heteroatoms. The Kier molecular flexibility index (Phi) is 5.35. The maximum absolute atomic E-state index is 15.1. The Morgan fingerprint density at radius 3 is 2.42 bits per heavy atom. The fourth-order valence-electron chi connectivity index (χ4n) is 3.15. The zero-order valence-corrected chi connectivity index (χ0v) is 17.0. The van der Waals surface area contributed by atoms with Crippen LogP contribution in [0, 0.1) is 29.8 Å². The molecule has 2 N–H and O–H groups in total. The monoisotopic (exact) mass is 474 g/mol. The Morgan fingerprint density at radius 2 is 1.76 bits per heavy atom. The summed E-state index contributed by atoms with van der Waals surface area (Å²) >= 11 is 0. The SMILES string of the molecule is [C-]#[N+]c1cnc2[nH]cc(C(=O)c3c(F)ccc(NS(=O)(=O)c4c(F)cccc4F)c3F)c2c1. The van der Waals surface area contributed by atoms with Crippen LogP contribution < -0.4 is 4.72 Å². The van der Waals surface area contributed by atoms with Crippen LogP contribution in [0.5, 0.6) is 0 Å². The minimum Gasteiger partial charge on any atom is -0.345 e. The molecule has 0 aliphatic carbocycles. The Labute approximate surface area is 183 Å². The Hall–Kier alpha value is -4.24. The third-order valence-corrected chi connectivity index (χ3v) is 6.06. The van der Waals surface area contributed by atoms with Crippen molar-refractivity contribution in [1.82, 2.24) is 9.97 Å². The number of sulfonamides is 1. The normalized spacial score (nSPS) is 11.4. The number of H-pyrrole nitrogens is 1. The number of ketones is 1. The molecule has 166 valence electrons. The van der Waals surface area contributed by atoms with E-state index < -0.39 is 55.2 Å². The number of halogens is 4. The number of hydrogen-bond donors (Lipinski definition) is 2. The van der Waals surface area contributed by atoms with E-state index in [1.165, 1.54) is 12.3 Å². The van der Waals surface area contributed by atoms with E-state index in [2.05, 4.69) is 14.8 Å². The predicted octanol–water partition coefficient (Wildman–Crippen LogP) is 4.70. The molecule has 2 heterocycles. The molecule has 33 heavy (non-hydrogen) atoms. The van der Waals surface area contributed by atoms with Crippen molar-refractivity contribution >= 4 is 38.2 Å². The van der Waals surface area contributed by atoms with Gasteiger partial charge in [0.2, 0.25) is 11.5 Å². The number of aromatic amines is 1. The van der Waals surface area contributed by atoms with E-state index in [0.29, 0.717) is 24.3 Å². The van der Waals surface area contributed by atoms with E-state index in [9.17, 15) is 26.4 Å². The lowest BCUT2D eigenvalue weighted by Crippen LogP contribution is -2.18. The topological polar surface area (TPSA) is 96.3 Å². The van der Waals surface area contributed by atoms with Gasteiger partial charge in [-0.3, -0.25) is 14.5 Å². The molecule has 4 rings (SSSR count). The maximum Gasteiger partial charge on any atom is 0.267 e. The smallest absolute Gasteiger partial charge is 0.267 e. The third-order valence-electron chi connectivity index (χ3n) is 4.64. The molecule has 0 amide bonds. The van der Waals surface area contributed by atoms with Crippen LogP contribution in [0.3, 0.4) is 0 Å². The summed E-state index contributed by atoms with van der Waals surface area (Å²) in [5, 5.41) is 0.117. The van der Waals surface area contributed by atoms with Crippen LogP contribution in [0.25, 0.3) is 15.9 Å². The summed E-state index contributed by atoms with van der Waals surface area (Å²) in [6.45, 7) is 7.05. The molecule has 0 unspecified atom stereocenters. The van der Waals surface area contributed by atoms with Gasteiger partial charge in [-0.25, -0.2) is 30.8 Å². The number of nitrogens with one attached hydrogen (secondary N) is 2. The van der Waals surface area contributed by atoms with E-state index in [-0.39, 0.29) is 22.3 Å². The quantitative estimate of drug-likeness (QED) is 0.249. The van der Waals surface area contributed by atoms with Gasteiger partial charge in [-0.15, -0.1) is 0 Å². The van der Waals surface area contributed by atoms with Crippen molar-refractivity contribution in [3.8, 4) is 0 Å². The summed E-state index contributed by atoms with van der Waals surface area (Å²) in [4.78, 5) is 21.4. The molecular weight excluding hydrogens is 464 g/mol. The van der Waals surface area contributed by atoms with Gasteiger partial charge in [0.25, 0.3) is 10.0 Å². The number of pyridine rings is 1. The van der Waals surface area contributed by atoms with Crippen LogP contribution in [0.4, 0.5) is 28.9 Å². The summed E-state index contributed by atoms with van der Waals surface area (Å²) < 4.78 is 84.0. The molecule has 2 aromatic heterocycles. The largest absolute Gasteiger partial charge is 0.345 e. The van der Waals surface area contributed by atoms with Crippen molar-refractivity contribution in [2.75, 3.05) is 4.72 Å². The molecule has 0 aliphatic rings. The molecular formula is C21H10F4N4O3S. The zero-order valence-electron chi connectivity index (χ0n) is 16.2. The van der Waals surface area contributed by atoms with E-state index in [1.54, 1.807) is 4.72 Å². The number of hydrogen-bond acceptors (Lipinski definition) is 4. The second-order valence-corrected chi connectivity index (χ2v) is 8.29. The summed E-state index contributed by atoms with van der Waals surface area (Å²) in [6, 6.07) is 4.91. The molecule has 0 fully saturated rings. The Balaban J connectivity index is 1.80. The van der Waals surface area contributed by atoms with Gasteiger partial charge in [0.1, 0.15) is 23.1 Å². The van der Waals surface area contributed by atoms with Crippen LogP contribution in [0.1, 0.15) is 15.9 Å². The predicted molar refractivity (Wildman–Crippen MR) is 109 cm³/mol. The van der Waals surface area contributed by atoms with Crippen molar-refractivity contribution in [1.29, 1.82) is 0 Å². The number of carbonyl (C=O) groups excluding carboxylic acids is 1. The second-order valence-electron chi connectivity index (χ2n) is 6.67. The maximum atomic E-state index is 15.1. The summed E-state index contributed by atoms with van der Waals surface area (Å²) in [6.07, 6.45) is 2.37. The molecule has 0 aliphatic heterocycles. The summed E-state index contributed by atoms with van der Waals surface area (Å²) in [7, 11) is -4.97. The first-order chi connectivity index (χ1) is 15.6. The molecule has 0 radical (unpaired) electrons. The average Bonchev–Trinajstić information content (AvgIpc) is 3.18. The van der Waals surface area contributed by atoms with E-state index in [1.807, 2.05) is 0 Å². The Morgan fingerprint density at radius 1 is 1.06 bits per heavy atom. The lowest BCUT2D eigenvalue weighted by Gasteiger charge is -2.12. The van der Waals surface area contributed by atoms with Gasteiger partial charge in [-0.2, -0.15) is 0 Å². The van der Waals surface area contributed by atoms with E-state index in [4.69, 9.17) is 6.57 Å². The highest BCUT2D eigenvalue weighted by molar-refractivity contribution is 7.92. The summed E-state index contributed by atoms with van der Waals surface area (Å²) in [5.41, 5.74) is -1.98. The first-order valence-corrected chi connectivity index (χ1v) is 10.5. The number of nitrogens with zero attached hydrogens (tertiary/aromatic N) is 2. The fraction of sp³-hybridized carbons (Fsp3) is 0. The highest BCUT2D eigenvalue weighted by Crippen LogP contribution is 2.30. The molecule has 7 nitrogen and oxygen atoms in total. The number of carbonyl (C=O) groups is 1. The van der Waals surface area contributed by atoms with Gasteiger partial charge >= 0.3 is 0 Å². The fourth-order valence-corrected chi connectivity index (χ4v) is 4.35. The highest BCUT2D eigenvalue weighted by atomic mass is 32.2. The van der Waals surface area contributed by atoms with Crippen molar-refractivity contribution in [2.45, 2.75) is 4.90 Å². The van der Waals surface area contributed by atoms with Gasteiger partial charge in [0.05, 0.1) is 17.8 Å². The van der Waals surface area contributed by atoms with Crippen LogP contribution in [0.2, 0.25) is 0 Å². The van der Waals surface area contributed by atoms with Gasteiger partial charge in [-0.1, -0.05) is 6.07 Å². The average molecular weight is 474 g/mol.